The van der Waals surface area contributed by atoms with Gasteiger partial charge >= 0.3 is 0 Å². The lowest BCUT2D eigenvalue weighted by Gasteiger charge is -2.14. The van der Waals surface area contributed by atoms with Crippen molar-refractivity contribution >= 4 is 5.69 Å². The van der Waals surface area contributed by atoms with E-state index in [1.54, 1.807) is 0 Å². The number of hydrogen-bond donors (Lipinski definition) is 2. The molecule has 0 aliphatic rings. The van der Waals surface area contributed by atoms with Gasteiger partial charge in [-0.15, -0.1) is 0 Å². The van der Waals surface area contributed by atoms with Crippen molar-refractivity contribution < 1.29 is 9.84 Å². The Morgan fingerprint density at radius 2 is 2.12 bits per heavy atom. The molecule has 1 rings (SSSR count). The van der Waals surface area contributed by atoms with Crippen molar-refractivity contribution in [1.29, 1.82) is 0 Å². The van der Waals surface area contributed by atoms with Crippen molar-refractivity contribution in [3.05, 3.63) is 29.3 Å². The normalized spacial score (nSPS) is 12.5. The molecule has 0 amide bonds. The Morgan fingerprint density at radius 3 is 2.81 bits per heavy atom. The second-order valence-corrected chi connectivity index (χ2v) is 4.01. The lowest BCUT2D eigenvalue weighted by Crippen LogP contribution is -2.25. The van der Waals surface area contributed by atoms with Crippen LogP contribution in [0.25, 0.3) is 0 Å². The van der Waals surface area contributed by atoms with E-state index in [0.717, 1.165) is 5.69 Å². The van der Waals surface area contributed by atoms with E-state index in [4.69, 9.17) is 4.74 Å². The van der Waals surface area contributed by atoms with E-state index in [1.807, 2.05) is 6.92 Å². The lowest BCUT2D eigenvalue weighted by atomic mass is 10.1. The summed E-state index contributed by atoms with van der Waals surface area (Å²) in [5, 5.41) is 12.8. The number of aliphatic hydroxyl groups excluding tert-OH is 1. The SMILES string of the molecule is CCOCC(O)CNc1cc(C)ccc1C. The first-order valence-electron chi connectivity index (χ1n) is 5.70. The van der Waals surface area contributed by atoms with Crippen LogP contribution in [0.1, 0.15) is 18.1 Å². The average Bonchev–Trinajstić information content (AvgIpc) is 2.27. The minimum Gasteiger partial charge on any atom is -0.389 e. The topological polar surface area (TPSA) is 41.5 Å². The molecular formula is C13H21NO2. The van der Waals surface area contributed by atoms with Gasteiger partial charge < -0.3 is 15.2 Å². The second kappa shape index (κ2) is 6.51. The number of benzene rings is 1. The standard InChI is InChI=1S/C13H21NO2/c1-4-16-9-12(15)8-14-13-7-10(2)5-6-11(13)3/h5-7,12,14-15H,4,8-9H2,1-3H3. The molecule has 16 heavy (non-hydrogen) atoms. The van der Waals surface area contributed by atoms with Crippen LogP contribution in [0.2, 0.25) is 0 Å². The minimum atomic E-state index is -0.458. The maximum atomic E-state index is 9.61. The van der Waals surface area contributed by atoms with Crippen molar-refractivity contribution in [2.75, 3.05) is 25.1 Å². The first kappa shape index (κ1) is 13.0. The van der Waals surface area contributed by atoms with Crippen LogP contribution in [0, 0.1) is 13.8 Å². The van der Waals surface area contributed by atoms with Gasteiger partial charge in [0.05, 0.1) is 12.7 Å². The van der Waals surface area contributed by atoms with Gasteiger partial charge in [-0.1, -0.05) is 12.1 Å². The van der Waals surface area contributed by atoms with Crippen molar-refractivity contribution in [3.63, 3.8) is 0 Å². The Balaban J connectivity index is 2.44. The van der Waals surface area contributed by atoms with E-state index >= 15 is 0 Å². The van der Waals surface area contributed by atoms with Crippen LogP contribution < -0.4 is 5.32 Å². The highest BCUT2D eigenvalue weighted by Crippen LogP contribution is 2.16. The molecule has 90 valence electrons. The van der Waals surface area contributed by atoms with Gasteiger partial charge in [-0.3, -0.25) is 0 Å². The summed E-state index contributed by atoms with van der Waals surface area (Å²) in [5.74, 6) is 0. The van der Waals surface area contributed by atoms with Crippen LogP contribution in [0.5, 0.6) is 0 Å². The van der Waals surface area contributed by atoms with Crippen molar-refractivity contribution in [2.24, 2.45) is 0 Å². The Bertz CT molecular complexity index is 326. The molecule has 0 heterocycles. The fraction of sp³-hybridized carbons (Fsp3) is 0.538. The second-order valence-electron chi connectivity index (χ2n) is 4.01. The summed E-state index contributed by atoms with van der Waals surface area (Å²) >= 11 is 0. The van der Waals surface area contributed by atoms with Gasteiger partial charge in [0.25, 0.3) is 0 Å². The Hall–Kier alpha value is -1.06. The Labute approximate surface area is 97.4 Å². The maximum Gasteiger partial charge on any atom is 0.0945 e. The molecule has 3 nitrogen and oxygen atoms in total. The molecule has 0 aliphatic carbocycles. The molecule has 2 N–H and O–H groups in total. The van der Waals surface area contributed by atoms with Crippen LogP contribution in [-0.2, 0) is 4.74 Å². The van der Waals surface area contributed by atoms with Crippen LogP contribution in [0.15, 0.2) is 18.2 Å². The summed E-state index contributed by atoms with van der Waals surface area (Å²) in [7, 11) is 0. The summed E-state index contributed by atoms with van der Waals surface area (Å²) in [6, 6.07) is 6.24. The molecule has 0 radical (unpaired) electrons. The zero-order chi connectivity index (χ0) is 12.0. The van der Waals surface area contributed by atoms with Gasteiger partial charge in [0.15, 0.2) is 0 Å². The van der Waals surface area contributed by atoms with E-state index in [-0.39, 0.29) is 0 Å². The molecule has 1 unspecified atom stereocenters. The zero-order valence-electron chi connectivity index (χ0n) is 10.3. The third-order valence-corrected chi connectivity index (χ3v) is 2.44. The van der Waals surface area contributed by atoms with Crippen LogP contribution in [-0.4, -0.2) is 31.0 Å². The van der Waals surface area contributed by atoms with E-state index in [0.29, 0.717) is 19.8 Å². The van der Waals surface area contributed by atoms with Gasteiger partial charge in [-0.2, -0.15) is 0 Å². The van der Waals surface area contributed by atoms with Crippen LogP contribution in [0.4, 0.5) is 5.69 Å². The molecule has 1 atom stereocenters. The lowest BCUT2D eigenvalue weighted by molar-refractivity contribution is 0.0496. The van der Waals surface area contributed by atoms with Gasteiger partial charge in [-0.05, 0) is 38.0 Å². The third kappa shape index (κ3) is 4.21. The molecule has 1 aromatic rings. The van der Waals surface area contributed by atoms with Crippen molar-refractivity contribution in [2.45, 2.75) is 26.9 Å². The average molecular weight is 223 g/mol. The molecule has 0 aromatic heterocycles. The predicted octanol–water partition coefficient (Wildman–Crippen LogP) is 2.11. The monoisotopic (exact) mass is 223 g/mol. The van der Waals surface area contributed by atoms with Crippen molar-refractivity contribution in [1.82, 2.24) is 0 Å². The molecule has 0 saturated carbocycles. The van der Waals surface area contributed by atoms with Crippen LogP contribution in [0.3, 0.4) is 0 Å². The largest absolute Gasteiger partial charge is 0.389 e. The van der Waals surface area contributed by atoms with Gasteiger partial charge in [0.1, 0.15) is 0 Å². The molecule has 0 saturated heterocycles. The number of aliphatic hydroxyl groups is 1. The number of aryl methyl sites for hydroxylation is 2. The number of rotatable bonds is 6. The first-order chi connectivity index (χ1) is 7.63. The maximum absolute atomic E-state index is 9.61. The summed E-state index contributed by atoms with van der Waals surface area (Å²) in [4.78, 5) is 0. The highest BCUT2D eigenvalue weighted by Gasteiger charge is 2.04. The van der Waals surface area contributed by atoms with Crippen molar-refractivity contribution in [3.8, 4) is 0 Å². The highest BCUT2D eigenvalue weighted by molar-refractivity contribution is 5.52. The predicted molar refractivity (Wildman–Crippen MR) is 66.9 cm³/mol. The number of ether oxygens (including phenoxy) is 1. The molecule has 1 aromatic carbocycles. The smallest absolute Gasteiger partial charge is 0.0945 e. The molecule has 0 aliphatic heterocycles. The van der Waals surface area contributed by atoms with E-state index < -0.39 is 6.10 Å². The highest BCUT2D eigenvalue weighted by atomic mass is 16.5. The summed E-state index contributed by atoms with van der Waals surface area (Å²) < 4.78 is 5.15. The summed E-state index contributed by atoms with van der Waals surface area (Å²) in [6.45, 7) is 7.57. The van der Waals surface area contributed by atoms with Gasteiger partial charge in [0, 0.05) is 18.8 Å². The van der Waals surface area contributed by atoms with E-state index in [9.17, 15) is 5.11 Å². The third-order valence-electron chi connectivity index (χ3n) is 2.44. The summed E-state index contributed by atoms with van der Waals surface area (Å²) in [6.07, 6.45) is -0.458. The molecule has 0 bridgehead atoms. The Kier molecular flexibility index (Phi) is 5.29. The summed E-state index contributed by atoms with van der Waals surface area (Å²) in [5.41, 5.74) is 3.48. The van der Waals surface area contributed by atoms with E-state index in [2.05, 4.69) is 37.4 Å². The van der Waals surface area contributed by atoms with Gasteiger partial charge in [0.2, 0.25) is 0 Å². The first-order valence-corrected chi connectivity index (χ1v) is 5.70. The fourth-order valence-electron chi connectivity index (χ4n) is 1.47. The zero-order valence-corrected chi connectivity index (χ0v) is 10.3. The number of hydrogen-bond acceptors (Lipinski definition) is 3. The van der Waals surface area contributed by atoms with Crippen LogP contribution >= 0.6 is 0 Å². The fourth-order valence-corrected chi connectivity index (χ4v) is 1.47. The number of anilines is 1. The quantitative estimate of drug-likeness (QED) is 0.776. The number of nitrogens with one attached hydrogen (secondary N) is 1. The minimum absolute atomic E-state index is 0.383. The molecule has 0 spiro atoms. The molecular weight excluding hydrogens is 202 g/mol. The van der Waals surface area contributed by atoms with Gasteiger partial charge in [-0.25, -0.2) is 0 Å². The molecule has 0 fully saturated rings. The Morgan fingerprint density at radius 1 is 1.38 bits per heavy atom. The van der Waals surface area contributed by atoms with E-state index in [1.165, 1.54) is 11.1 Å². The molecule has 3 heteroatoms.